The molecule has 3 heterocycles. The van der Waals surface area contributed by atoms with Gasteiger partial charge in [-0.2, -0.15) is 0 Å². The molecule has 2 aliphatic rings. The Hall–Kier alpha value is -2.63. The first-order chi connectivity index (χ1) is 13.7. The second-order valence-electron chi connectivity index (χ2n) is 7.16. The highest BCUT2D eigenvalue weighted by Crippen LogP contribution is 2.28. The smallest absolute Gasteiger partial charge is 0.261 e. The topological polar surface area (TPSA) is 47.4 Å². The predicted molar refractivity (Wildman–Crippen MR) is 113 cm³/mol. The highest BCUT2D eigenvalue weighted by molar-refractivity contribution is 6.31. The van der Waals surface area contributed by atoms with Crippen molar-refractivity contribution >= 4 is 39.8 Å². The fourth-order valence-corrected chi connectivity index (χ4v) is 4.10. The van der Waals surface area contributed by atoms with Crippen molar-refractivity contribution in [3.63, 3.8) is 0 Å². The molecule has 0 radical (unpaired) electrons. The highest BCUT2D eigenvalue weighted by Gasteiger charge is 2.21. The molecule has 0 bridgehead atoms. The number of nitrogens with zero attached hydrogens (tertiary/aromatic N) is 3. The third-order valence-corrected chi connectivity index (χ3v) is 5.65. The maximum absolute atomic E-state index is 12.8. The van der Waals surface area contributed by atoms with Gasteiger partial charge in [0.15, 0.2) is 0 Å². The lowest BCUT2D eigenvalue weighted by Crippen LogP contribution is -2.36. The lowest BCUT2D eigenvalue weighted by Gasteiger charge is -2.28. The van der Waals surface area contributed by atoms with Crippen molar-refractivity contribution in [3.8, 4) is 0 Å². The predicted octanol–water partition coefficient (Wildman–Crippen LogP) is 3.83. The lowest BCUT2D eigenvalue weighted by molar-refractivity contribution is 0.122. The molecule has 1 aromatic heterocycles. The van der Waals surface area contributed by atoms with Crippen LogP contribution in [-0.2, 0) is 11.3 Å². The average molecular weight is 394 g/mol. The van der Waals surface area contributed by atoms with E-state index in [4.69, 9.17) is 21.3 Å². The number of fused-ring (bicyclic) bond motifs is 2. The van der Waals surface area contributed by atoms with Crippen molar-refractivity contribution in [1.29, 1.82) is 0 Å². The second-order valence-corrected chi connectivity index (χ2v) is 7.60. The van der Waals surface area contributed by atoms with Crippen LogP contribution in [0, 0.1) is 0 Å². The molecule has 28 heavy (non-hydrogen) atoms. The largest absolute Gasteiger partial charge is 0.378 e. The first-order valence-corrected chi connectivity index (χ1v) is 9.91. The van der Waals surface area contributed by atoms with Crippen LogP contribution >= 0.6 is 11.6 Å². The fraction of sp³-hybridized carbons (Fsp3) is 0.273. The molecular formula is C22H20ClN3O2. The van der Waals surface area contributed by atoms with E-state index in [1.807, 2.05) is 6.07 Å². The Bertz CT molecular complexity index is 1130. The molecule has 5 rings (SSSR count). The van der Waals surface area contributed by atoms with Gasteiger partial charge in [-0.05, 0) is 54.0 Å². The average Bonchev–Trinajstić information content (AvgIpc) is 3.13. The van der Waals surface area contributed by atoms with Crippen molar-refractivity contribution in [1.82, 2.24) is 9.55 Å². The molecule has 0 N–H and O–H groups in total. The number of rotatable bonds is 2. The minimum Gasteiger partial charge on any atom is -0.378 e. The fourth-order valence-electron chi connectivity index (χ4n) is 3.93. The lowest BCUT2D eigenvalue weighted by atomic mass is 10.1. The van der Waals surface area contributed by atoms with Crippen LogP contribution in [0.1, 0.15) is 17.8 Å². The Morgan fingerprint density at radius 2 is 1.82 bits per heavy atom. The van der Waals surface area contributed by atoms with Crippen molar-refractivity contribution < 1.29 is 4.74 Å². The zero-order chi connectivity index (χ0) is 19.1. The van der Waals surface area contributed by atoms with Gasteiger partial charge in [0.1, 0.15) is 5.82 Å². The SMILES string of the molecule is O=c1c2cc(Cl)ccc2nc2n1CCC2=Cc1ccc(N2CCOCC2)cc1. The number of benzene rings is 2. The molecule has 0 atom stereocenters. The van der Waals surface area contributed by atoms with E-state index in [9.17, 15) is 4.79 Å². The summed E-state index contributed by atoms with van der Waals surface area (Å²) in [5.74, 6) is 0.761. The standard InChI is InChI=1S/C22H20ClN3O2/c23-17-3-6-20-19(14-17)22(27)26-8-7-16(21(26)24-20)13-15-1-4-18(5-2-15)25-9-11-28-12-10-25/h1-6,13-14H,7-12H2. The molecule has 2 aromatic carbocycles. The summed E-state index contributed by atoms with van der Waals surface area (Å²) in [5.41, 5.74) is 4.10. The van der Waals surface area contributed by atoms with Crippen LogP contribution in [0.3, 0.4) is 0 Å². The van der Waals surface area contributed by atoms with Crippen molar-refractivity contribution in [2.24, 2.45) is 0 Å². The zero-order valence-corrected chi connectivity index (χ0v) is 16.2. The van der Waals surface area contributed by atoms with Gasteiger partial charge in [-0.1, -0.05) is 23.7 Å². The van der Waals surface area contributed by atoms with Crippen molar-refractivity contribution in [2.75, 3.05) is 31.2 Å². The Morgan fingerprint density at radius 3 is 2.61 bits per heavy atom. The minimum atomic E-state index is -0.0198. The molecule has 0 saturated carbocycles. The van der Waals surface area contributed by atoms with E-state index in [2.05, 4.69) is 35.2 Å². The first-order valence-electron chi connectivity index (χ1n) is 9.53. The molecule has 2 aliphatic heterocycles. The summed E-state index contributed by atoms with van der Waals surface area (Å²) in [6.45, 7) is 4.07. The molecule has 6 heteroatoms. The van der Waals surface area contributed by atoms with E-state index in [1.54, 1.807) is 16.7 Å². The maximum atomic E-state index is 12.8. The van der Waals surface area contributed by atoms with Crippen LogP contribution in [-0.4, -0.2) is 35.9 Å². The monoisotopic (exact) mass is 393 g/mol. The number of halogens is 1. The van der Waals surface area contributed by atoms with Gasteiger partial charge in [0.2, 0.25) is 0 Å². The molecular weight excluding hydrogens is 374 g/mol. The third kappa shape index (κ3) is 3.11. The molecule has 1 fully saturated rings. The highest BCUT2D eigenvalue weighted by atomic mass is 35.5. The molecule has 3 aromatic rings. The Balaban J connectivity index is 1.48. The van der Waals surface area contributed by atoms with Gasteiger partial charge < -0.3 is 9.64 Å². The van der Waals surface area contributed by atoms with Crippen LogP contribution in [0.2, 0.25) is 5.02 Å². The summed E-state index contributed by atoms with van der Waals surface area (Å²) < 4.78 is 7.18. The number of hydrogen-bond donors (Lipinski definition) is 0. The van der Waals surface area contributed by atoms with Gasteiger partial charge in [0.05, 0.1) is 24.1 Å². The van der Waals surface area contributed by atoms with Gasteiger partial charge in [0, 0.05) is 30.3 Å². The van der Waals surface area contributed by atoms with Crippen molar-refractivity contribution in [2.45, 2.75) is 13.0 Å². The van der Waals surface area contributed by atoms with E-state index in [0.717, 1.165) is 49.7 Å². The summed E-state index contributed by atoms with van der Waals surface area (Å²) in [5, 5.41) is 1.13. The molecule has 0 aliphatic carbocycles. The van der Waals surface area contributed by atoms with E-state index in [-0.39, 0.29) is 5.56 Å². The van der Waals surface area contributed by atoms with Gasteiger partial charge >= 0.3 is 0 Å². The Morgan fingerprint density at radius 1 is 1.04 bits per heavy atom. The third-order valence-electron chi connectivity index (χ3n) is 5.42. The number of aromatic nitrogens is 2. The Kier molecular flexibility index (Phi) is 4.41. The molecule has 0 amide bonds. The number of anilines is 1. The molecule has 1 saturated heterocycles. The zero-order valence-electron chi connectivity index (χ0n) is 15.4. The van der Waals surface area contributed by atoms with Gasteiger partial charge in [-0.15, -0.1) is 0 Å². The first kappa shape index (κ1) is 17.5. The van der Waals surface area contributed by atoms with Gasteiger partial charge in [0.25, 0.3) is 5.56 Å². The quantitative estimate of drug-likeness (QED) is 0.663. The van der Waals surface area contributed by atoms with Gasteiger partial charge in [-0.3, -0.25) is 9.36 Å². The van der Waals surface area contributed by atoms with E-state index >= 15 is 0 Å². The summed E-state index contributed by atoms with van der Waals surface area (Å²) in [6.07, 6.45) is 2.94. The summed E-state index contributed by atoms with van der Waals surface area (Å²) in [4.78, 5) is 19.9. The van der Waals surface area contributed by atoms with Crippen LogP contribution in [0.25, 0.3) is 22.6 Å². The number of morpholine rings is 1. The maximum Gasteiger partial charge on any atom is 0.261 e. The summed E-state index contributed by atoms with van der Waals surface area (Å²) >= 11 is 6.05. The van der Waals surface area contributed by atoms with E-state index in [1.165, 1.54) is 5.69 Å². The minimum absolute atomic E-state index is 0.0198. The second kappa shape index (κ2) is 7.08. The molecule has 5 nitrogen and oxygen atoms in total. The molecule has 142 valence electrons. The van der Waals surface area contributed by atoms with Crippen LogP contribution in [0.4, 0.5) is 5.69 Å². The summed E-state index contributed by atoms with van der Waals surface area (Å²) in [7, 11) is 0. The Labute approximate surface area is 167 Å². The number of ether oxygens (including phenoxy) is 1. The molecule has 0 spiro atoms. The number of hydrogen-bond acceptors (Lipinski definition) is 4. The van der Waals surface area contributed by atoms with Gasteiger partial charge in [-0.25, -0.2) is 4.98 Å². The van der Waals surface area contributed by atoms with Crippen LogP contribution < -0.4 is 10.5 Å². The van der Waals surface area contributed by atoms with E-state index in [0.29, 0.717) is 22.5 Å². The van der Waals surface area contributed by atoms with Crippen LogP contribution in [0.5, 0.6) is 0 Å². The van der Waals surface area contributed by atoms with E-state index < -0.39 is 0 Å². The molecule has 0 unspecified atom stereocenters. The van der Waals surface area contributed by atoms with Crippen molar-refractivity contribution in [3.05, 3.63) is 69.2 Å². The van der Waals surface area contributed by atoms with Crippen LogP contribution in [0.15, 0.2) is 47.3 Å². The number of allylic oxidation sites excluding steroid dienone is 1. The normalized spacial score (nSPS) is 18.0. The summed E-state index contributed by atoms with van der Waals surface area (Å²) in [6, 6.07) is 13.8.